The molecule has 1 N–H and O–H groups in total. The van der Waals surface area contributed by atoms with Crippen LogP contribution in [0.2, 0.25) is 0 Å². The number of likely N-dealkylation sites (tertiary alicyclic amines) is 1. The van der Waals surface area contributed by atoms with Crippen LogP contribution in [0.1, 0.15) is 12.0 Å². The second-order valence-electron chi connectivity index (χ2n) is 4.77. The molecular formula is C15H20N2O. The highest BCUT2D eigenvalue weighted by molar-refractivity contribution is 5.74. The van der Waals surface area contributed by atoms with Crippen LogP contribution in [0.4, 0.5) is 4.79 Å². The van der Waals surface area contributed by atoms with E-state index in [1.54, 1.807) is 6.08 Å². The van der Waals surface area contributed by atoms with Gasteiger partial charge in [0, 0.05) is 19.6 Å². The molecule has 1 fully saturated rings. The fourth-order valence-electron chi connectivity index (χ4n) is 2.40. The Morgan fingerprint density at radius 2 is 2.22 bits per heavy atom. The van der Waals surface area contributed by atoms with Gasteiger partial charge in [-0.25, -0.2) is 4.79 Å². The van der Waals surface area contributed by atoms with Crippen molar-refractivity contribution in [1.82, 2.24) is 10.2 Å². The zero-order valence-electron chi connectivity index (χ0n) is 10.6. The molecule has 1 saturated heterocycles. The fourth-order valence-corrected chi connectivity index (χ4v) is 2.40. The summed E-state index contributed by atoms with van der Waals surface area (Å²) >= 11 is 0. The fraction of sp³-hybridized carbons (Fsp3) is 0.400. The van der Waals surface area contributed by atoms with E-state index in [0.717, 1.165) is 25.9 Å². The Hall–Kier alpha value is -1.77. The lowest BCUT2D eigenvalue weighted by Gasteiger charge is -2.16. The van der Waals surface area contributed by atoms with Gasteiger partial charge in [-0.1, -0.05) is 36.4 Å². The first-order chi connectivity index (χ1) is 8.79. The van der Waals surface area contributed by atoms with Crippen molar-refractivity contribution in [1.29, 1.82) is 0 Å². The Balaban J connectivity index is 1.81. The average Bonchev–Trinajstić information content (AvgIpc) is 2.86. The van der Waals surface area contributed by atoms with Gasteiger partial charge in [-0.2, -0.15) is 0 Å². The van der Waals surface area contributed by atoms with Crippen LogP contribution in [0.25, 0.3) is 0 Å². The van der Waals surface area contributed by atoms with Crippen molar-refractivity contribution in [3.63, 3.8) is 0 Å². The molecule has 0 unspecified atom stereocenters. The predicted molar refractivity (Wildman–Crippen MR) is 73.4 cm³/mol. The number of carbonyl (C=O) groups is 1. The average molecular weight is 244 g/mol. The maximum atomic E-state index is 11.8. The van der Waals surface area contributed by atoms with Crippen LogP contribution in [0.5, 0.6) is 0 Å². The predicted octanol–water partition coefficient (Wildman–Crippen LogP) is 2.45. The standard InChI is InChI=1S/C15H20N2O/c1-2-9-16-15(18)17-10-8-14(12-17)11-13-6-4-3-5-7-13/h2-7,14H,1,8-12H2,(H,16,18)/t14-/m0/s1. The maximum absolute atomic E-state index is 11.8. The Morgan fingerprint density at radius 3 is 2.94 bits per heavy atom. The van der Waals surface area contributed by atoms with Crippen LogP contribution in [0, 0.1) is 5.92 Å². The van der Waals surface area contributed by atoms with E-state index >= 15 is 0 Å². The second kappa shape index (κ2) is 6.24. The van der Waals surface area contributed by atoms with Gasteiger partial charge < -0.3 is 10.2 Å². The van der Waals surface area contributed by atoms with Crippen LogP contribution in [-0.2, 0) is 6.42 Å². The number of hydrogen-bond acceptors (Lipinski definition) is 1. The van der Waals surface area contributed by atoms with Crippen molar-refractivity contribution in [3.8, 4) is 0 Å². The minimum absolute atomic E-state index is 0.0328. The van der Waals surface area contributed by atoms with Gasteiger partial charge in [0.15, 0.2) is 0 Å². The molecule has 1 atom stereocenters. The second-order valence-corrected chi connectivity index (χ2v) is 4.77. The number of amides is 2. The normalized spacial score (nSPS) is 18.7. The number of rotatable bonds is 4. The van der Waals surface area contributed by atoms with Gasteiger partial charge in [0.1, 0.15) is 0 Å². The molecule has 3 heteroatoms. The first kappa shape index (κ1) is 12.7. The van der Waals surface area contributed by atoms with E-state index in [0.29, 0.717) is 12.5 Å². The van der Waals surface area contributed by atoms with Crippen molar-refractivity contribution in [2.24, 2.45) is 5.92 Å². The van der Waals surface area contributed by atoms with Gasteiger partial charge in [0.05, 0.1) is 0 Å². The molecular weight excluding hydrogens is 224 g/mol. The quantitative estimate of drug-likeness (QED) is 0.811. The van der Waals surface area contributed by atoms with E-state index < -0.39 is 0 Å². The van der Waals surface area contributed by atoms with Crippen LogP contribution in [-0.4, -0.2) is 30.6 Å². The highest BCUT2D eigenvalue weighted by atomic mass is 16.2. The third-order valence-electron chi connectivity index (χ3n) is 3.34. The number of benzene rings is 1. The summed E-state index contributed by atoms with van der Waals surface area (Å²) < 4.78 is 0. The van der Waals surface area contributed by atoms with Crippen LogP contribution in [0.15, 0.2) is 43.0 Å². The monoisotopic (exact) mass is 244 g/mol. The van der Waals surface area contributed by atoms with E-state index in [9.17, 15) is 4.79 Å². The molecule has 1 aromatic carbocycles. The molecule has 1 aromatic rings. The Morgan fingerprint density at radius 1 is 1.44 bits per heavy atom. The zero-order valence-corrected chi connectivity index (χ0v) is 10.6. The SMILES string of the molecule is C=CCNC(=O)N1CC[C@@H](Cc2ccccc2)C1. The minimum atomic E-state index is 0.0328. The smallest absolute Gasteiger partial charge is 0.317 e. The zero-order chi connectivity index (χ0) is 12.8. The molecule has 2 amide bonds. The molecule has 1 aliphatic rings. The van der Waals surface area contributed by atoms with Gasteiger partial charge >= 0.3 is 6.03 Å². The Bertz CT molecular complexity index is 402. The van der Waals surface area contributed by atoms with Crippen molar-refractivity contribution in [2.45, 2.75) is 12.8 Å². The van der Waals surface area contributed by atoms with Gasteiger partial charge in [-0.3, -0.25) is 0 Å². The van der Waals surface area contributed by atoms with Crippen LogP contribution in [0.3, 0.4) is 0 Å². The van der Waals surface area contributed by atoms with E-state index in [4.69, 9.17) is 0 Å². The minimum Gasteiger partial charge on any atom is -0.335 e. The number of nitrogens with one attached hydrogen (secondary N) is 1. The van der Waals surface area contributed by atoms with Crippen molar-refractivity contribution >= 4 is 6.03 Å². The molecule has 1 heterocycles. The summed E-state index contributed by atoms with van der Waals surface area (Å²) in [4.78, 5) is 13.7. The van der Waals surface area contributed by atoms with E-state index in [1.165, 1.54) is 5.56 Å². The summed E-state index contributed by atoms with van der Waals surface area (Å²) in [6.45, 7) is 5.86. The van der Waals surface area contributed by atoms with Crippen molar-refractivity contribution < 1.29 is 4.79 Å². The summed E-state index contributed by atoms with van der Waals surface area (Å²) in [7, 11) is 0. The largest absolute Gasteiger partial charge is 0.335 e. The maximum Gasteiger partial charge on any atom is 0.317 e. The van der Waals surface area contributed by atoms with E-state index in [2.05, 4.69) is 36.2 Å². The summed E-state index contributed by atoms with van der Waals surface area (Å²) in [5.74, 6) is 0.585. The van der Waals surface area contributed by atoms with Crippen molar-refractivity contribution in [2.75, 3.05) is 19.6 Å². The van der Waals surface area contributed by atoms with Gasteiger partial charge in [-0.05, 0) is 24.3 Å². The molecule has 0 saturated carbocycles. The summed E-state index contributed by atoms with van der Waals surface area (Å²) in [5.41, 5.74) is 1.36. The topological polar surface area (TPSA) is 32.3 Å². The molecule has 0 radical (unpaired) electrons. The lowest BCUT2D eigenvalue weighted by molar-refractivity contribution is 0.208. The molecule has 3 nitrogen and oxygen atoms in total. The summed E-state index contributed by atoms with van der Waals surface area (Å²) in [5, 5.41) is 2.83. The lowest BCUT2D eigenvalue weighted by atomic mass is 9.99. The Labute approximate surface area is 108 Å². The number of nitrogens with zero attached hydrogens (tertiary/aromatic N) is 1. The molecule has 0 spiro atoms. The number of urea groups is 1. The van der Waals surface area contributed by atoms with Crippen molar-refractivity contribution in [3.05, 3.63) is 48.6 Å². The molecule has 0 bridgehead atoms. The Kier molecular flexibility index (Phi) is 4.40. The first-order valence-corrected chi connectivity index (χ1v) is 6.47. The van der Waals surface area contributed by atoms with Gasteiger partial charge in [0.25, 0.3) is 0 Å². The van der Waals surface area contributed by atoms with Crippen LogP contribution < -0.4 is 5.32 Å². The molecule has 2 rings (SSSR count). The third kappa shape index (κ3) is 3.36. The molecule has 0 aromatic heterocycles. The number of carbonyl (C=O) groups excluding carboxylic acids is 1. The lowest BCUT2D eigenvalue weighted by Crippen LogP contribution is -2.38. The van der Waals surface area contributed by atoms with Gasteiger partial charge in [0.2, 0.25) is 0 Å². The summed E-state index contributed by atoms with van der Waals surface area (Å²) in [6.07, 6.45) is 3.86. The molecule has 18 heavy (non-hydrogen) atoms. The molecule has 0 aliphatic carbocycles. The van der Waals surface area contributed by atoms with E-state index in [1.807, 2.05) is 11.0 Å². The third-order valence-corrected chi connectivity index (χ3v) is 3.34. The van der Waals surface area contributed by atoms with Crippen LogP contribution >= 0.6 is 0 Å². The van der Waals surface area contributed by atoms with E-state index in [-0.39, 0.29) is 6.03 Å². The van der Waals surface area contributed by atoms with Gasteiger partial charge in [-0.15, -0.1) is 6.58 Å². The highest BCUT2D eigenvalue weighted by Gasteiger charge is 2.25. The first-order valence-electron chi connectivity index (χ1n) is 6.47. The molecule has 1 aliphatic heterocycles. The number of hydrogen-bond donors (Lipinski definition) is 1. The highest BCUT2D eigenvalue weighted by Crippen LogP contribution is 2.20. The summed E-state index contributed by atoms with van der Waals surface area (Å²) in [6, 6.07) is 10.5. The molecule has 96 valence electrons.